The van der Waals surface area contributed by atoms with Gasteiger partial charge in [0.05, 0.1) is 0 Å². The van der Waals surface area contributed by atoms with Gasteiger partial charge in [-0.3, -0.25) is 0 Å². The van der Waals surface area contributed by atoms with Crippen LogP contribution in [0.25, 0.3) is 37.6 Å². The molecule has 5 aromatic rings. The standard InChI is InChI=1S/C37H27OSe.ClHO4/c1-5-16-30(17-6-1)34-24-28(25-35(38-34)31-18-7-2-8-19-31)14-13-15-29-26-36(32-20-9-3-10-21-32)39-37(27-29)33-22-11-4-12-23-33;2-1(3,4)5/h1-27H;(H,2,3,4,5)/q+1;/p-1/b15-13+;. The van der Waals surface area contributed by atoms with Crippen LogP contribution in [0.3, 0.4) is 0 Å². The van der Waals surface area contributed by atoms with Crippen molar-refractivity contribution >= 4 is 32.1 Å². The van der Waals surface area contributed by atoms with Gasteiger partial charge in [-0.05, 0) is 0 Å². The summed E-state index contributed by atoms with van der Waals surface area (Å²) in [5.41, 5.74) is 6.99. The van der Waals surface area contributed by atoms with Crippen LogP contribution in [-0.4, -0.2) is 14.5 Å². The Bertz CT molecular complexity index is 1670. The topological polar surface area (TPSA) is 101 Å². The molecule has 218 valence electrons. The second-order valence-electron chi connectivity index (χ2n) is 9.61. The number of halogens is 1. The van der Waals surface area contributed by atoms with Crippen molar-refractivity contribution in [2.45, 2.75) is 0 Å². The quantitative estimate of drug-likeness (QED) is 0.246. The van der Waals surface area contributed by atoms with E-state index in [0.29, 0.717) is 0 Å². The minimum atomic E-state index is -4.94. The Labute approximate surface area is 264 Å². The maximum absolute atomic E-state index is 8.49. The third-order valence-electron chi connectivity index (χ3n) is 6.44. The molecule has 44 heavy (non-hydrogen) atoms. The minimum Gasteiger partial charge on any atom is -0.222 e. The predicted molar refractivity (Wildman–Crippen MR) is 166 cm³/mol. The zero-order chi connectivity index (χ0) is 30.8. The molecule has 0 amide bonds. The van der Waals surface area contributed by atoms with Gasteiger partial charge in [0.1, 0.15) is 0 Å². The average molecular weight is 666 g/mol. The second kappa shape index (κ2) is 14.9. The summed E-state index contributed by atoms with van der Waals surface area (Å²) >= 11 is 0.236. The van der Waals surface area contributed by atoms with E-state index in [2.05, 4.69) is 127 Å². The number of hydrogen-bond donors (Lipinski definition) is 0. The van der Waals surface area contributed by atoms with Gasteiger partial charge in [-0.15, -0.1) is 10.2 Å². The first kappa shape index (κ1) is 31.1. The van der Waals surface area contributed by atoms with Gasteiger partial charge in [0.15, 0.2) is 0 Å². The van der Waals surface area contributed by atoms with Gasteiger partial charge in [0, 0.05) is 0 Å². The summed E-state index contributed by atoms with van der Waals surface area (Å²) in [6.07, 6.45) is 10.7. The molecule has 0 saturated heterocycles. The summed E-state index contributed by atoms with van der Waals surface area (Å²) < 4.78 is 43.1. The molecule has 1 aliphatic heterocycles. The number of allylic oxidation sites excluding steroid dienone is 5. The van der Waals surface area contributed by atoms with Crippen molar-refractivity contribution < 1.29 is 33.6 Å². The molecule has 1 aromatic heterocycles. The summed E-state index contributed by atoms with van der Waals surface area (Å²) in [4.78, 5) is 0. The Kier molecular flexibility index (Phi) is 10.5. The maximum Gasteiger partial charge on any atom is -0.112 e. The molecular weight excluding hydrogens is 639 g/mol. The van der Waals surface area contributed by atoms with Crippen LogP contribution in [-0.2, 0) is 4.74 Å². The largest absolute Gasteiger partial charge is 0.222 e. The van der Waals surface area contributed by atoms with Crippen LogP contribution >= 0.6 is 0 Å². The van der Waals surface area contributed by atoms with Gasteiger partial charge in [-0.1, -0.05) is 12.1 Å². The van der Waals surface area contributed by atoms with Crippen LogP contribution in [0.4, 0.5) is 0 Å². The maximum atomic E-state index is 8.49. The van der Waals surface area contributed by atoms with Gasteiger partial charge in [0.2, 0.25) is 0 Å². The molecule has 5 nitrogen and oxygen atoms in total. The first-order valence-electron chi connectivity index (χ1n) is 13.6. The van der Waals surface area contributed by atoms with Crippen molar-refractivity contribution in [3.63, 3.8) is 0 Å². The normalized spacial score (nSPS) is 12.9. The molecule has 0 spiro atoms. The van der Waals surface area contributed by atoms with Gasteiger partial charge >= 0.3 is 225 Å². The predicted octanol–water partition coefficient (Wildman–Crippen LogP) is 4.65. The Morgan fingerprint density at radius 1 is 0.523 bits per heavy atom. The van der Waals surface area contributed by atoms with E-state index in [4.69, 9.17) is 23.4 Å². The van der Waals surface area contributed by atoms with E-state index >= 15 is 0 Å². The van der Waals surface area contributed by atoms with Crippen molar-refractivity contribution in [3.8, 4) is 20.0 Å². The number of benzene rings is 4. The van der Waals surface area contributed by atoms with Crippen LogP contribution in [0.5, 0.6) is 0 Å². The molecule has 0 aliphatic carbocycles. The summed E-state index contributed by atoms with van der Waals surface area (Å²) in [6.45, 7) is 0. The fourth-order valence-corrected chi connectivity index (χ4v) is 6.87. The van der Waals surface area contributed by atoms with Gasteiger partial charge in [0.25, 0.3) is 0 Å². The molecule has 2 heterocycles. The van der Waals surface area contributed by atoms with E-state index in [1.165, 1.54) is 25.6 Å². The summed E-state index contributed by atoms with van der Waals surface area (Å²) in [5, 5.41) is 0. The first-order valence-corrected chi connectivity index (χ1v) is 16.6. The molecule has 7 heteroatoms. The molecule has 0 N–H and O–H groups in total. The minimum absolute atomic E-state index is 0.236. The zero-order valence-electron chi connectivity index (χ0n) is 23.4. The molecule has 0 unspecified atom stereocenters. The van der Waals surface area contributed by atoms with Crippen molar-refractivity contribution in [2.24, 2.45) is 0 Å². The van der Waals surface area contributed by atoms with Crippen LogP contribution in [0.15, 0.2) is 163 Å². The van der Waals surface area contributed by atoms with E-state index in [0.717, 1.165) is 28.2 Å². The number of rotatable bonds is 6. The van der Waals surface area contributed by atoms with E-state index in [1.807, 2.05) is 36.4 Å². The van der Waals surface area contributed by atoms with Gasteiger partial charge in [-0.2, -0.15) is 0 Å². The summed E-state index contributed by atoms with van der Waals surface area (Å²) in [6, 6.07) is 46.6. The van der Waals surface area contributed by atoms with Crippen molar-refractivity contribution in [2.75, 3.05) is 0 Å². The first-order chi connectivity index (χ1) is 21.3. The Morgan fingerprint density at radius 2 is 0.886 bits per heavy atom. The van der Waals surface area contributed by atoms with E-state index in [1.54, 1.807) is 0 Å². The molecule has 1 aliphatic rings. The van der Waals surface area contributed by atoms with Crippen molar-refractivity contribution in [1.82, 2.24) is 0 Å². The Morgan fingerprint density at radius 3 is 1.27 bits per heavy atom. The zero-order valence-corrected chi connectivity index (χ0v) is 25.9. The third-order valence-corrected chi connectivity index (χ3v) is 8.85. The number of hydrogen-bond acceptors (Lipinski definition) is 5. The monoisotopic (exact) mass is 666 g/mol. The van der Waals surface area contributed by atoms with Crippen LogP contribution in [0.2, 0.25) is 0 Å². The van der Waals surface area contributed by atoms with E-state index in [9.17, 15) is 0 Å². The SMILES string of the molecule is C(/C=C/c1cc(-c2ccccc2)[se+]c(-c2ccccc2)c1)=C1C=C(c2ccccc2)OC(c2ccccc2)=C1.[O-][Cl+3]([O-])([O-])[O-]. The molecule has 0 atom stereocenters. The smallest absolute Gasteiger partial charge is 0.112 e. The average Bonchev–Trinajstić information content (AvgIpc) is 3.05. The van der Waals surface area contributed by atoms with E-state index in [-0.39, 0.29) is 14.5 Å². The summed E-state index contributed by atoms with van der Waals surface area (Å²) in [7, 11) is -4.94. The van der Waals surface area contributed by atoms with E-state index < -0.39 is 10.2 Å². The van der Waals surface area contributed by atoms with Crippen molar-refractivity contribution in [1.29, 1.82) is 0 Å². The molecule has 6 rings (SSSR count). The Hall–Kier alpha value is -4.36. The van der Waals surface area contributed by atoms with Crippen LogP contribution in [0.1, 0.15) is 16.7 Å². The second-order valence-corrected chi connectivity index (χ2v) is 12.6. The van der Waals surface area contributed by atoms with Gasteiger partial charge in [-0.25, -0.2) is 18.6 Å². The molecule has 0 saturated carbocycles. The fourth-order valence-electron chi connectivity index (χ4n) is 4.49. The molecule has 0 fully saturated rings. The molecule has 0 radical (unpaired) electrons. The molecule has 0 bridgehead atoms. The third kappa shape index (κ3) is 9.32. The molecular formula is C37H27ClO5Se. The number of ether oxygens (including phenoxy) is 1. The Balaban J connectivity index is 0.000000712. The fraction of sp³-hybridized carbons (Fsp3) is 0. The summed E-state index contributed by atoms with van der Waals surface area (Å²) in [5.74, 6) is 1.70. The molecule has 4 aromatic carbocycles. The van der Waals surface area contributed by atoms with Crippen molar-refractivity contribution in [3.05, 3.63) is 180 Å². The van der Waals surface area contributed by atoms with Gasteiger partial charge < -0.3 is 0 Å². The van der Waals surface area contributed by atoms with Crippen LogP contribution < -0.4 is 18.6 Å². The van der Waals surface area contributed by atoms with Crippen LogP contribution in [0, 0.1) is 10.2 Å².